The van der Waals surface area contributed by atoms with E-state index < -0.39 is 6.10 Å². The number of aromatic nitrogens is 2. The second-order valence-corrected chi connectivity index (χ2v) is 9.05. The van der Waals surface area contributed by atoms with Crippen LogP contribution in [0.5, 0.6) is 5.75 Å². The maximum atomic E-state index is 13.0. The molecule has 0 aliphatic rings. The molecule has 1 aromatic carbocycles. The van der Waals surface area contributed by atoms with Gasteiger partial charge in [-0.05, 0) is 57.5 Å². The number of benzene rings is 1. The molecule has 5 nitrogen and oxygen atoms in total. The maximum Gasteiger partial charge on any atom is 0.263 e. The van der Waals surface area contributed by atoms with E-state index in [1.807, 2.05) is 27.7 Å². The van der Waals surface area contributed by atoms with Gasteiger partial charge in [0.05, 0.1) is 11.5 Å². The fraction of sp³-hybridized carbons (Fsp3) is 0.400. The SMILES string of the molecule is Cc1sc2nc(SC[C@@H](O)COc3ccc(F)cc3)n(C(C)C)c(=O)c2c1C. The van der Waals surface area contributed by atoms with Gasteiger partial charge in [0, 0.05) is 16.7 Å². The van der Waals surface area contributed by atoms with E-state index in [4.69, 9.17) is 4.74 Å². The third-order valence-electron chi connectivity index (χ3n) is 4.38. The van der Waals surface area contributed by atoms with E-state index in [9.17, 15) is 14.3 Å². The van der Waals surface area contributed by atoms with Gasteiger partial charge in [-0.3, -0.25) is 9.36 Å². The van der Waals surface area contributed by atoms with E-state index in [1.165, 1.54) is 47.4 Å². The number of thioether (sulfide) groups is 1. The molecule has 0 radical (unpaired) electrons. The van der Waals surface area contributed by atoms with E-state index in [1.54, 1.807) is 4.57 Å². The molecule has 0 saturated carbocycles. The van der Waals surface area contributed by atoms with Gasteiger partial charge in [-0.25, -0.2) is 9.37 Å². The third-order valence-corrected chi connectivity index (χ3v) is 6.58. The van der Waals surface area contributed by atoms with Crippen LogP contribution in [-0.4, -0.2) is 33.1 Å². The number of thiophene rings is 1. The quantitative estimate of drug-likeness (QED) is 0.454. The first kappa shape index (κ1) is 20.8. The number of hydrogen-bond acceptors (Lipinski definition) is 6. The summed E-state index contributed by atoms with van der Waals surface area (Å²) in [4.78, 5) is 19.5. The summed E-state index contributed by atoms with van der Waals surface area (Å²) in [5.41, 5.74) is 0.942. The lowest BCUT2D eigenvalue weighted by Gasteiger charge is -2.17. The van der Waals surface area contributed by atoms with Gasteiger partial charge in [0.2, 0.25) is 0 Å². The van der Waals surface area contributed by atoms with Crippen LogP contribution in [-0.2, 0) is 0 Å². The fourth-order valence-electron chi connectivity index (χ4n) is 2.79. The number of rotatable bonds is 7. The molecule has 0 bridgehead atoms. The zero-order valence-corrected chi connectivity index (χ0v) is 17.9. The molecule has 0 unspecified atom stereocenters. The van der Waals surface area contributed by atoms with Crippen molar-refractivity contribution in [3.8, 4) is 5.75 Å². The van der Waals surface area contributed by atoms with E-state index in [-0.39, 0.29) is 24.0 Å². The average Bonchev–Trinajstić information content (AvgIpc) is 2.93. The normalized spacial score (nSPS) is 12.7. The first-order chi connectivity index (χ1) is 13.3. The molecular weight excluding hydrogens is 399 g/mol. The molecule has 0 saturated heterocycles. The van der Waals surface area contributed by atoms with Crippen molar-refractivity contribution in [1.29, 1.82) is 0 Å². The van der Waals surface area contributed by atoms with Gasteiger partial charge in [0.1, 0.15) is 23.0 Å². The Morgan fingerprint density at radius 1 is 1.29 bits per heavy atom. The fourth-order valence-corrected chi connectivity index (χ4v) is 4.89. The lowest BCUT2D eigenvalue weighted by molar-refractivity contribution is 0.126. The van der Waals surface area contributed by atoms with Gasteiger partial charge in [-0.1, -0.05) is 11.8 Å². The third kappa shape index (κ3) is 4.39. The molecule has 28 heavy (non-hydrogen) atoms. The minimum Gasteiger partial charge on any atom is -0.491 e. The molecule has 0 amide bonds. The molecular formula is C20H23FN2O3S2. The van der Waals surface area contributed by atoms with Gasteiger partial charge in [-0.2, -0.15) is 0 Å². The zero-order chi connectivity index (χ0) is 20.4. The number of aliphatic hydroxyl groups is 1. The van der Waals surface area contributed by atoms with E-state index in [2.05, 4.69) is 4.98 Å². The van der Waals surface area contributed by atoms with Crippen LogP contribution in [0.1, 0.15) is 30.3 Å². The lowest BCUT2D eigenvalue weighted by atomic mass is 10.2. The molecule has 0 aliphatic heterocycles. The molecule has 0 aliphatic carbocycles. The van der Waals surface area contributed by atoms with Gasteiger partial charge in [0.25, 0.3) is 5.56 Å². The number of halogens is 1. The topological polar surface area (TPSA) is 64.4 Å². The Labute approximate surface area is 171 Å². The lowest BCUT2D eigenvalue weighted by Crippen LogP contribution is -2.26. The minimum atomic E-state index is -0.755. The second-order valence-electron chi connectivity index (χ2n) is 6.86. The van der Waals surface area contributed by atoms with Crippen molar-refractivity contribution in [1.82, 2.24) is 9.55 Å². The van der Waals surface area contributed by atoms with E-state index in [0.29, 0.717) is 22.0 Å². The van der Waals surface area contributed by atoms with Crippen LogP contribution in [0.3, 0.4) is 0 Å². The predicted molar refractivity (Wildman–Crippen MR) is 112 cm³/mol. The van der Waals surface area contributed by atoms with Crippen molar-refractivity contribution in [2.75, 3.05) is 12.4 Å². The summed E-state index contributed by atoms with van der Waals surface area (Å²) in [6, 6.07) is 5.61. The summed E-state index contributed by atoms with van der Waals surface area (Å²) in [5, 5.41) is 11.5. The molecule has 0 fully saturated rings. The summed E-state index contributed by atoms with van der Waals surface area (Å²) in [7, 11) is 0. The Balaban J connectivity index is 1.75. The van der Waals surface area contributed by atoms with Crippen molar-refractivity contribution in [2.45, 2.75) is 45.0 Å². The van der Waals surface area contributed by atoms with Crippen LogP contribution in [0.15, 0.2) is 34.2 Å². The Morgan fingerprint density at radius 3 is 2.61 bits per heavy atom. The van der Waals surface area contributed by atoms with Crippen molar-refractivity contribution >= 4 is 33.3 Å². The molecule has 0 spiro atoms. The number of hydrogen-bond donors (Lipinski definition) is 1. The van der Waals surface area contributed by atoms with Gasteiger partial charge in [0.15, 0.2) is 5.16 Å². The van der Waals surface area contributed by atoms with E-state index >= 15 is 0 Å². The Kier molecular flexibility index (Phi) is 6.42. The average molecular weight is 423 g/mol. The highest BCUT2D eigenvalue weighted by Gasteiger charge is 2.19. The number of nitrogens with zero attached hydrogens (tertiary/aromatic N) is 2. The number of ether oxygens (including phenoxy) is 1. The van der Waals surface area contributed by atoms with Crippen LogP contribution in [0.25, 0.3) is 10.2 Å². The molecule has 3 rings (SSSR count). The predicted octanol–water partition coefficient (Wildman–Crippen LogP) is 4.33. The summed E-state index contributed by atoms with van der Waals surface area (Å²) in [6.45, 7) is 7.91. The number of fused-ring (bicyclic) bond motifs is 1. The zero-order valence-electron chi connectivity index (χ0n) is 16.2. The summed E-state index contributed by atoms with van der Waals surface area (Å²) >= 11 is 2.85. The highest BCUT2D eigenvalue weighted by molar-refractivity contribution is 7.99. The highest BCUT2D eigenvalue weighted by Crippen LogP contribution is 2.29. The van der Waals surface area contributed by atoms with Gasteiger partial charge < -0.3 is 9.84 Å². The Morgan fingerprint density at radius 2 is 1.96 bits per heavy atom. The molecule has 3 aromatic rings. The summed E-state index contributed by atoms with van der Waals surface area (Å²) in [6.07, 6.45) is -0.755. The Bertz CT molecular complexity index is 1030. The van der Waals surface area contributed by atoms with Crippen LogP contribution < -0.4 is 10.3 Å². The maximum absolute atomic E-state index is 13.0. The second kappa shape index (κ2) is 8.63. The number of aliphatic hydroxyl groups excluding tert-OH is 1. The van der Waals surface area contributed by atoms with E-state index in [0.717, 1.165) is 15.3 Å². The molecule has 8 heteroatoms. The van der Waals surface area contributed by atoms with Crippen LogP contribution in [0.4, 0.5) is 4.39 Å². The van der Waals surface area contributed by atoms with Crippen molar-refractivity contribution in [3.05, 3.63) is 50.9 Å². The van der Waals surface area contributed by atoms with Crippen LogP contribution in [0.2, 0.25) is 0 Å². The first-order valence-electron chi connectivity index (χ1n) is 8.99. The summed E-state index contributed by atoms with van der Waals surface area (Å²) < 4.78 is 20.1. The smallest absolute Gasteiger partial charge is 0.263 e. The molecule has 2 aromatic heterocycles. The standard InChI is InChI=1S/C20H23FN2O3S2/c1-11(2)23-19(25)17-12(3)13(4)28-18(17)22-20(23)27-10-15(24)9-26-16-7-5-14(21)6-8-16/h5-8,11,15,24H,9-10H2,1-4H3/t15-/m0/s1. The van der Waals surface area contributed by atoms with Gasteiger partial charge in [-0.15, -0.1) is 11.3 Å². The van der Waals surface area contributed by atoms with Crippen molar-refractivity contribution in [2.24, 2.45) is 0 Å². The largest absolute Gasteiger partial charge is 0.491 e. The molecule has 2 heterocycles. The highest BCUT2D eigenvalue weighted by atomic mass is 32.2. The van der Waals surface area contributed by atoms with Crippen molar-refractivity contribution < 1.29 is 14.2 Å². The van der Waals surface area contributed by atoms with Gasteiger partial charge >= 0.3 is 0 Å². The minimum absolute atomic E-state index is 0.0404. The molecule has 1 atom stereocenters. The first-order valence-corrected chi connectivity index (χ1v) is 10.8. The van der Waals surface area contributed by atoms with Crippen LogP contribution >= 0.6 is 23.1 Å². The Hall–Kier alpha value is -1.90. The molecule has 150 valence electrons. The van der Waals surface area contributed by atoms with Crippen molar-refractivity contribution in [3.63, 3.8) is 0 Å². The monoisotopic (exact) mass is 422 g/mol. The van der Waals surface area contributed by atoms with Crippen LogP contribution in [0, 0.1) is 19.7 Å². The summed E-state index contributed by atoms with van der Waals surface area (Å²) in [5.74, 6) is 0.485. The number of aryl methyl sites for hydroxylation is 2. The molecule has 1 N–H and O–H groups in total.